The van der Waals surface area contributed by atoms with Gasteiger partial charge in [0.25, 0.3) is 0 Å². The zero-order chi connectivity index (χ0) is 13.8. The molecule has 0 fully saturated rings. The summed E-state index contributed by atoms with van der Waals surface area (Å²) in [7, 11) is 0. The summed E-state index contributed by atoms with van der Waals surface area (Å²) in [5.41, 5.74) is 6.17. The second-order valence-electron chi connectivity index (χ2n) is 3.71. The van der Waals surface area contributed by atoms with Gasteiger partial charge in [-0.15, -0.1) is 19.8 Å². The maximum absolute atomic E-state index is 13.4. The van der Waals surface area contributed by atoms with Gasteiger partial charge in [-0.2, -0.15) is 0 Å². The van der Waals surface area contributed by atoms with Gasteiger partial charge in [-0.3, -0.25) is 0 Å². The van der Waals surface area contributed by atoms with Crippen LogP contribution in [0.4, 0.5) is 17.6 Å². The number of nitrogens with two attached hydrogens (primary N) is 1. The number of allylic oxidation sites excluding steroid dienone is 1. The van der Waals surface area contributed by atoms with Crippen LogP contribution in [0.1, 0.15) is 24.4 Å². The SMILES string of the molecule is C=CCC[C@H](N)c1ccc(OC(F)(F)F)c(F)c1. The van der Waals surface area contributed by atoms with Crippen molar-refractivity contribution in [2.45, 2.75) is 25.2 Å². The van der Waals surface area contributed by atoms with E-state index in [9.17, 15) is 17.6 Å². The molecule has 100 valence electrons. The van der Waals surface area contributed by atoms with Crippen LogP contribution in [0.2, 0.25) is 0 Å². The highest BCUT2D eigenvalue weighted by molar-refractivity contribution is 5.31. The maximum Gasteiger partial charge on any atom is 0.573 e. The van der Waals surface area contributed by atoms with Gasteiger partial charge in [-0.25, -0.2) is 4.39 Å². The molecule has 0 saturated heterocycles. The molecule has 1 atom stereocenters. The number of hydrogen-bond acceptors (Lipinski definition) is 2. The lowest BCUT2D eigenvalue weighted by molar-refractivity contribution is -0.275. The third kappa shape index (κ3) is 4.37. The molecule has 0 heterocycles. The molecule has 6 heteroatoms. The van der Waals surface area contributed by atoms with Crippen molar-refractivity contribution < 1.29 is 22.3 Å². The Balaban J connectivity index is 2.81. The third-order valence-corrected chi connectivity index (χ3v) is 2.29. The predicted molar refractivity (Wildman–Crippen MR) is 59.4 cm³/mol. The zero-order valence-electron chi connectivity index (χ0n) is 9.51. The minimum absolute atomic E-state index is 0.420. The standard InChI is InChI=1S/C12H13F4NO/c1-2-3-4-10(17)8-5-6-11(9(13)7-8)18-12(14,15)16/h2,5-7,10H,1,3-4,17H2/t10-/m0/s1. The molecule has 2 N–H and O–H groups in total. The lowest BCUT2D eigenvalue weighted by atomic mass is 10.0. The fraction of sp³-hybridized carbons (Fsp3) is 0.333. The predicted octanol–water partition coefficient (Wildman–Crippen LogP) is 3.69. The molecule has 2 nitrogen and oxygen atoms in total. The van der Waals surface area contributed by atoms with E-state index in [0.717, 1.165) is 12.1 Å². The van der Waals surface area contributed by atoms with E-state index in [4.69, 9.17) is 5.73 Å². The second kappa shape index (κ2) is 5.86. The van der Waals surface area contributed by atoms with Crippen LogP contribution in [0.5, 0.6) is 5.75 Å². The van der Waals surface area contributed by atoms with Gasteiger partial charge in [0.15, 0.2) is 11.6 Å². The smallest absolute Gasteiger partial charge is 0.403 e. The number of alkyl halides is 3. The quantitative estimate of drug-likeness (QED) is 0.649. The van der Waals surface area contributed by atoms with Gasteiger partial charge in [0.1, 0.15) is 0 Å². The molecule has 0 aliphatic carbocycles. The molecule has 18 heavy (non-hydrogen) atoms. The Kier molecular flexibility index (Phi) is 4.72. The Morgan fingerprint density at radius 3 is 2.56 bits per heavy atom. The van der Waals surface area contributed by atoms with E-state index in [1.807, 2.05) is 0 Å². The summed E-state index contributed by atoms with van der Waals surface area (Å²) in [6.07, 6.45) is -2.06. The first-order chi connectivity index (χ1) is 8.33. The highest BCUT2D eigenvalue weighted by Gasteiger charge is 2.32. The topological polar surface area (TPSA) is 35.2 Å². The molecular weight excluding hydrogens is 250 g/mol. The first-order valence-electron chi connectivity index (χ1n) is 5.25. The van der Waals surface area contributed by atoms with Gasteiger partial charge in [0, 0.05) is 6.04 Å². The molecule has 0 spiro atoms. The Labute approximate surface area is 102 Å². The molecule has 0 amide bonds. The number of hydrogen-bond donors (Lipinski definition) is 1. The van der Waals surface area contributed by atoms with Crippen LogP contribution in [0.3, 0.4) is 0 Å². The first kappa shape index (κ1) is 14.5. The maximum atomic E-state index is 13.4. The van der Waals surface area contributed by atoms with Gasteiger partial charge in [0.2, 0.25) is 0 Å². The van der Waals surface area contributed by atoms with Crippen molar-refractivity contribution in [1.29, 1.82) is 0 Å². The van der Waals surface area contributed by atoms with Crippen molar-refractivity contribution in [3.63, 3.8) is 0 Å². The number of benzene rings is 1. The van der Waals surface area contributed by atoms with Crippen molar-refractivity contribution in [2.24, 2.45) is 5.73 Å². The summed E-state index contributed by atoms with van der Waals surface area (Å²) in [4.78, 5) is 0. The summed E-state index contributed by atoms with van der Waals surface area (Å²) in [5, 5.41) is 0. The van der Waals surface area contributed by atoms with Gasteiger partial charge in [-0.1, -0.05) is 12.1 Å². The van der Waals surface area contributed by atoms with E-state index in [2.05, 4.69) is 11.3 Å². The zero-order valence-corrected chi connectivity index (χ0v) is 9.51. The number of rotatable bonds is 5. The van der Waals surface area contributed by atoms with Crippen LogP contribution in [0, 0.1) is 5.82 Å². The molecule has 0 bridgehead atoms. The van der Waals surface area contributed by atoms with Crippen LogP contribution in [0.25, 0.3) is 0 Å². The van der Waals surface area contributed by atoms with Crippen molar-refractivity contribution in [1.82, 2.24) is 0 Å². The summed E-state index contributed by atoms with van der Waals surface area (Å²) in [5.74, 6) is -1.94. The molecule has 0 aliphatic heterocycles. The monoisotopic (exact) mass is 263 g/mol. The van der Waals surface area contributed by atoms with Crippen LogP contribution in [-0.4, -0.2) is 6.36 Å². The van der Waals surface area contributed by atoms with Crippen molar-refractivity contribution in [3.05, 3.63) is 42.2 Å². The van der Waals surface area contributed by atoms with E-state index in [0.29, 0.717) is 18.4 Å². The van der Waals surface area contributed by atoms with E-state index in [1.54, 1.807) is 6.08 Å². The van der Waals surface area contributed by atoms with E-state index < -0.39 is 24.0 Å². The summed E-state index contributed by atoms with van der Waals surface area (Å²) in [6, 6.07) is 2.75. The lowest BCUT2D eigenvalue weighted by Gasteiger charge is -2.13. The fourth-order valence-electron chi connectivity index (χ4n) is 1.42. The van der Waals surface area contributed by atoms with Crippen molar-refractivity contribution in [2.75, 3.05) is 0 Å². The van der Waals surface area contributed by atoms with Crippen LogP contribution < -0.4 is 10.5 Å². The lowest BCUT2D eigenvalue weighted by Crippen LogP contribution is -2.18. The van der Waals surface area contributed by atoms with Crippen LogP contribution in [-0.2, 0) is 0 Å². The van der Waals surface area contributed by atoms with Gasteiger partial charge < -0.3 is 10.5 Å². The van der Waals surface area contributed by atoms with E-state index in [-0.39, 0.29) is 0 Å². The minimum Gasteiger partial charge on any atom is -0.403 e. The average molecular weight is 263 g/mol. The first-order valence-corrected chi connectivity index (χ1v) is 5.25. The minimum atomic E-state index is -4.91. The molecule has 0 unspecified atom stereocenters. The van der Waals surface area contributed by atoms with Crippen molar-refractivity contribution >= 4 is 0 Å². The van der Waals surface area contributed by atoms with Crippen molar-refractivity contribution in [3.8, 4) is 5.75 Å². The highest BCUT2D eigenvalue weighted by atomic mass is 19.4. The Morgan fingerprint density at radius 2 is 2.06 bits per heavy atom. The third-order valence-electron chi connectivity index (χ3n) is 2.29. The van der Waals surface area contributed by atoms with Gasteiger partial charge in [0.05, 0.1) is 0 Å². The average Bonchev–Trinajstić information content (AvgIpc) is 2.27. The summed E-state index contributed by atoms with van der Waals surface area (Å²) >= 11 is 0. The van der Waals surface area contributed by atoms with Gasteiger partial charge in [-0.05, 0) is 30.5 Å². The molecule has 0 aromatic heterocycles. The Bertz CT molecular complexity index is 417. The number of halogens is 4. The highest BCUT2D eigenvalue weighted by Crippen LogP contribution is 2.28. The van der Waals surface area contributed by atoms with Crippen LogP contribution >= 0.6 is 0 Å². The largest absolute Gasteiger partial charge is 0.573 e. The Morgan fingerprint density at radius 1 is 1.39 bits per heavy atom. The Hall–Kier alpha value is -1.56. The molecule has 0 radical (unpaired) electrons. The van der Waals surface area contributed by atoms with Gasteiger partial charge >= 0.3 is 6.36 Å². The molecule has 0 saturated carbocycles. The number of ether oxygens (including phenoxy) is 1. The fourth-order valence-corrected chi connectivity index (χ4v) is 1.42. The molecule has 1 aromatic rings. The summed E-state index contributed by atoms with van der Waals surface area (Å²) < 4.78 is 52.6. The molecular formula is C12H13F4NO. The second-order valence-corrected chi connectivity index (χ2v) is 3.71. The molecule has 0 aliphatic rings. The normalized spacial score (nSPS) is 13.2. The van der Waals surface area contributed by atoms with E-state index in [1.165, 1.54) is 6.07 Å². The van der Waals surface area contributed by atoms with E-state index >= 15 is 0 Å². The molecule has 1 aromatic carbocycles. The van der Waals surface area contributed by atoms with Crippen LogP contribution in [0.15, 0.2) is 30.9 Å². The summed E-state index contributed by atoms with van der Waals surface area (Å²) in [6.45, 7) is 3.52. The molecule has 1 rings (SSSR count).